The average molecular weight is 577 g/mol. The van der Waals surface area contributed by atoms with Crippen LogP contribution in [0.4, 0.5) is 11.6 Å². The number of nitrogens with one attached hydrogen (secondary N) is 1. The molecule has 2 bridgehead atoms. The van der Waals surface area contributed by atoms with Crippen LogP contribution in [0.25, 0.3) is 11.3 Å². The van der Waals surface area contributed by atoms with Crippen molar-refractivity contribution in [3.8, 4) is 17.3 Å². The van der Waals surface area contributed by atoms with E-state index in [9.17, 15) is 23.6 Å². The lowest BCUT2D eigenvalue weighted by molar-refractivity contribution is 0.0287. The maximum atomic E-state index is 13.2. The Hall–Kier alpha value is -3.86. The second-order valence-electron chi connectivity index (χ2n) is 11.1. The Bertz CT molecular complexity index is 1580. The van der Waals surface area contributed by atoms with Crippen LogP contribution in [-0.4, -0.2) is 85.4 Å². The lowest BCUT2D eigenvalue weighted by atomic mass is 9.89. The Morgan fingerprint density at radius 1 is 1.17 bits per heavy atom. The van der Waals surface area contributed by atoms with Gasteiger partial charge >= 0.3 is 0 Å². The van der Waals surface area contributed by atoms with Gasteiger partial charge in [-0.2, -0.15) is 14.7 Å². The molecule has 2 N–H and O–H groups in total. The minimum Gasteiger partial charge on any atom is -0.393 e. The third-order valence-corrected chi connectivity index (χ3v) is 10.2. The number of hydrogen-bond acceptors (Lipinski definition) is 9. The van der Waals surface area contributed by atoms with E-state index in [1.807, 2.05) is 17.0 Å². The Morgan fingerprint density at radius 2 is 1.88 bits per heavy atom. The molecule has 12 nitrogen and oxygen atoms in total. The van der Waals surface area contributed by atoms with E-state index in [-0.39, 0.29) is 49.4 Å². The third-order valence-electron chi connectivity index (χ3n) is 8.46. The lowest BCUT2D eigenvalue weighted by Gasteiger charge is -2.47. The number of carbonyl (C=O) groups is 1. The van der Waals surface area contributed by atoms with Crippen LogP contribution in [0, 0.1) is 11.3 Å². The zero-order valence-electron chi connectivity index (χ0n) is 22.7. The van der Waals surface area contributed by atoms with Crippen LogP contribution in [0.3, 0.4) is 0 Å². The number of aliphatic hydroxyl groups excluding tert-OH is 1. The van der Waals surface area contributed by atoms with Crippen molar-refractivity contribution >= 4 is 27.6 Å². The summed E-state index contributed by atoms with van der Waals surface area (Å²) in [6.45, 7) is 2.01. The summed E-state index contributed by atoms with van der Waals surface area (Å²) in [4.78, 5) is 24.1. The lowest BCUT2D eigenvalue weighted by Crippen LogP contribution is -2.64. The number of benzene rings is 1. The summed E-state index contributed by atoms with van der Waals surface area (Å²) in [6.07, 6.45) is 8.06. The Labute approximate surface area is 238 Å². The molecule has 3 saturated heterocycles. The zero-order chi connectivity index (χ0) is 28.8. The smallest absolute Gasteiger partial charge is 0.254 e. The summed E-state index contributed by atoms with van der Waals surface area (Å²) in [5.41, 5.74) is 1.96. The molecule has 13 heteroatoms. The number of aromatic nitrogens is 4. The quantitative estimate of drug-likeness (QED) is 0.411. The third kappa shape index (κ3) is 5.07. The predicted octanol–water partition coefficient (Wildman–Crippen LogP) is 2.49. The molecular weight excluding hydrogens is 544 g/mol. The zero-order valence-corrected chi connectivity index (χ0v) is 23.5. The van der Waals surface area contributed by atoms with Crippen molar-refractivity contribution in [3.05, 3.63) is 54.5 Å². The molecule has 2 aromatic heterocycles. The molecule has 0 saturated carbocycles. The number of hydrogen-bond donors (Lipinski definition) is 2. The average Bonchev–Trinajstić information content (AvgIpc) is 3.54. The van der Waals surface area contributed by atoms with Crippen LogP contribution in [0.1, 0.15) is 49.4 Å². The first-order valence-corrected chi connectivity index (χ1v) is 15.4. The fourth-order valence-corrected chi connectivity index (χ4v) is 7.46. The number of piperidine rings is 1. The first kappa shape index (κ1) is 27.3. The number of aliphatic hydroxyl groups is 1. The normalized spacial score (nSPS) is 23.5. The van der Waals surface area contributed by atoms with E-state index in [2.05, 4.69) is 26.5 Å². The maximum absolute atomic E-state index is 13.2. The van der Waals surface area contributed by atoms with Crippen LogP contribution in [0.5, 0.6) is 0 Å². The van der Waals surface area contributed by atoms with E-state index in [4.69, 9.17) is 0 Å². The van der Waals surface area contributed by atoms with Gasteiger partial charge in [-0.15, -0.1) is 0 Å². The van der Waals surface area contributed by atoms with Gasteiger partial charge in [0.2, 0.25) is 16.0 Å². The van der Waals surface area contributed by atoms with Gasteiger partial charge in [-0.25, -0.2) is 18.4 Å². The number of nitriles is 1. The number of amides is 1. The van der Waals surface area contributed by atoms with Gasteiger partial charge in [-0.05, 0) is 62.9 Å². The largest absolute Gasteiger partial charge is 0.393 e. The van der Waals surface area contributed by atoms with Gasteiger partial charge in [-0.1, -0.05) is 0 Å². The summed E-state index contributed by atoms with van der Waals surface area (Å²) in [7, 11) is -3.33. The fraction of sp³-hybridized carbons (Fsp3) is 0.464. The van der Waals surface area contributed by atoms with Gasteiger partial charge in [0.05, 0.1) is 36.2 Å². The van der Waals surface area contributed by atoms with Gasteiger partial charge in [0.25, 0.3) is 5.91 Å². The molecule has 5 heterocycles. The molecule has 3 aliphatic rings. The van der Waals surface area contributed by atoms with Crippen LogP contribution in [0.2, 0.25) is 0 Å². The second-order valence-corrected chi connectivity index (χ2v) is 13.3. The van der Waals surface area contributed by atoms with E-state index >= 15 is 0 Å². The van der Waals surface area contributed by atoms with Crippen LogP contribution in [-0.2, 0) is 15.6 Å². The summed E-state index contributed by atoms with van der Waals surface area (Å²) in [5.74, 6) is 0.385. The topological polar surface area (TPSA) is 157 Å². The Morgan fingerprint density at radius 3 is 2.54 bits per heavy atom. The van der Waals surface area contributed by atoms with E-state index in [0.29, 0.717) is 35.6 Å². The van der Waals surface area contributed by atoms with Crippen molar-refractivity contribution in [2.24, 2.45) is 0 Å². The van der Waals surface area contributed by atoms with Crippen molar-refractivity contribution in [1.29, 1.82) is 5.26 Å². The van der Waals surface area contributed by atoms with Crippen molar-refractivity contribution in [2.75, 3.05) is 24.2 Å². The number of nitrogens with zero attached hydrogens (tertiary/aromatic N) is 7. The molecule has 0 aliphatic carbocycles. The van der Waals surface area contributed by atoms with Crippen molar-refractivity contribution in [3.63, 3.8) is 0 Å². The van der Waals surface area contributed by atoms with Crippen LogP contribution in [0.15, 0.2) is 48.9 Å². The molecule has 3 aromatic rings. The van der Waals surface area contributed by atoms with Crippen LogP contribution >= 0.6 is 0 Å². The SMILES string of the molecule is CCS(=O)(=O)N1CC(CC#N)(n2cc(-c3ccnc(Nc4ccc(C(=O)N5C6CC[C@@H]5CC(O)C6)cc4)n3)cn2)C1. The standard InChI is InChI=1S/C28H32N8O4S/c1-2-41(39,40)34-17-28(18-34,10-11-29)35-16-20(15-31-35)25-9-12-30-27(33-25)32-21-5-3-19(4-6-21)26(38)36-22-7-8-23(36)14-24(37)13-22/h3-6,9,12,15-16,22-24,37H,2,7-8,10,13-14,17-18H2,1H3,(H,30,32,33)/t22-,23?,24?/m1/s1. The first-order chi connectivity index (χ1) is 19.7. The number of rotatable bonds is 8. The predicted molar refractivity (Wildman–Crippen MR) is 150 cm³/mol. The van der Waals surface area contributed by atoms with Gasteiger partial charge in [0, 0.05) is 54.4 Å². The van der Waals surface area contributed by atoms with E-state index in [1.165, 1.54) is 4.31 Å². The highest BCUT2D eigenvalue weighted by Crippen LogP contribution is 2.37. The van der Waals surface area contributed by atoms with E-state index in [0.717, 1.165) is 18.5 Å². The second kappa shape index (κ2) is 10.5. The van der Waals surface area contributed by atoms with Crippen LogP contribution < -0.4 is 5.32 Å². The molecule has 0 spiro atoms. The van der Waals surface area contributed by atoms with Crippen molar-refractivity contribution < 1.29 is 18.3 Å². The minimum absolute atomic E-state index is 0.00209. The molecule has 1 amide bonds. The molecule has 3 aliphatic heterocycles. The van der Waals surface area contributed by atoms with Gasteiger partial charge in [0.15, 0.2) is 0 Å². The molecule has 0 radical (unpaired) electrons. The van der Waals surface area contributed by atoms with E-state index in [1.54, 1.807) is 48.4 Å². The summed E-state index contributed by atoms with van der Waals surface area (Å²) >= 11 is 0. The monoisotopic (exact) mass is 576 g/mol. The molecule has 3 atom stereocenters. The molecule has 2 unspecified atom stereocenters. The van der Waals surface area contributed by atoms with Gasteiger partial charge in [-0.3, -0.25) is 9.48 Å². The summed E-state index contributed by atoms with van der Waals surface area (Å²) in [5, 5.41) is 27.1. The molecular formula is C28H32N8O4S. The highest BCUT2D eigenvalue weighted by Gasteiger charge is 2.49. The molecule has 3 fully saturated rings. The fourth-order valence-electron chi connectivity index (χ4n) is 6.22. The number of fused-ring (bicyclic) bond motifs is 2. The van der Waals surface area contributed by atoms with Crippen molar-refractivity contribution in [1.82, 2.24) is 29.0 Å². The summed E-state index contributed by atoms with van der Waals surface area (Å²) < 4.78 is 27.6. The molecule has 1 aromatic carbocycles. The number of carbonyl (C=O) groups excluding carboxylic acids is 1. The van der Waals surface area contributed by atoms with Gasteiger partial charge in [0.1, 0.15) is 5.54 Å². The number of sulfonamides is 1. The number of anilines is 2. The molecule has 41 heavy (non-hydrogen) atoms. The highest BCUT2D eigenvalue weighted by atomic mass is 32.2. The Kier molecular flexibility index (Phi) is 7.01. The highest BCUT2D eigenvalue weighted by molar-refractivity contribution is 7.89. The van der Waals surface area contributed by atoms with Crippen molar-refractivity contribution in [2.45, 2.75) is 62.8 Å². The first-order valence-electron chi connectivity index (χ1n) is 13.8. The van der Waals surface area contributed by atoms with E-state index < -0.39 is 15.6 Å². The Balaban J connectivity index is 1.14. The summed E-state index contributed by atoms with van der Waals surface area (Å²) in [6, 6.07) is 11.4. The molecule has 6 rings (SSSR count). The minimum atomic E-state index is -3.33. The molecule has 214 valence electrons. The maximum Gasteiger partial charge on any atom is 0.254 e. The van der Waals surface area contributed by atoms with Gasteiger partial charge < -0.3 is 15.3 Å².